The van der Waals surface area contributed by atoms with E-state index < -0.39 is 64.9 Å². The van der Waals surface area contributed by atoms with E-state index in [4.69, 9.17) is 18.9 Å². The van der Waals surface area contributed by atoms with Gasteiger partial charge in [-0.2, -0.15) is 0 Å². The summed E-state index contributed by atoms with van der Waals surface area (Å²) in [6.45, 7) is 14.3. The molecule has 0 radical (unpaired) electrons. The summed E-state index contributed by atoms with van der Waals surface area (Å²) in [7, 11) is 0. The number of carbonyl (C=O) groups excluding carboxylic acids is 3. The predicted molar refractivity (Wildman–Crippen MR) is 106 cm³/mol. The van der Waals surface area contributed by atoms with Crippen molar-refractivity contribution >= 4 is 17.9 Å². The van der Waals surface area contributed by atoms with Gasteiger partial charge in [-0.15, -0.1) is 0 Å². The molecule has 9 nitrogen and oxygen atoms in total. The molecule has 0 aliphatic carbocycles. The zero-order valence-electron chi connectivity index (χ0n) is 19.3. The quantitative estimate of drug-likeness (QED) is 0.502. The first-order chi connectivity index (χ1) is 13.4. The number of esters is 3. The number of aliphatic hydroxyl groups is 2. The van der Waals surface area contributed by atoms with Gasteiger partial charge in [-0.05, 0) is 62.3 Å². The molecule has 1 aliphatic heterocycles. The molecule has 0 amide bonds. The molecule has 174 valence electrons. The molecule has 1 fully saturated rings. The Kier molecular flexibility index (Phi) is 8.07. The fourth-order valence-electron chi connectivity index (χ4n) is 2.28. The maximum Gasteiger partial charge on any atom is 0.311 e. The first-order valence-electron chi connectivity index (χ1n) is 9.96. The topological polar surface area (TPSA) is 129 Å². The van der Waals surface area contributed by atoms with Gasteiger partial charge in [0.25, 0.3) is 0 Å². The Morgan fingerprint density at radius 2 is 1.13 bits per heavy atom. The lowest BCUT2D eigenvalue weighted by Crippen LogP contribution is -2.62. The highest BCUT2D eigenvalue weighted by molar-refractivity contribution is 5.77. The van der Waals surface area contributed by atoms with Crippen LogP contribution in [-0.2, 0) is 33.3 Å². The lowest BCUT2D eigenvalue weighted by molar-refractivity contribution is -0.297. The van der Waals surface area contributed by atoms with Crippen LogP contribution in [-0.4, -0.2) is 65.4 Å². The van der Waals surface area contributed by atoms with Crippen LogP contribution in [0.3, 0.4) is 0 Å². The second-order valence-electron chi connectivity index (χ2n) is 10.6. The van der Waals surface area contributed by atoms with E-state index in [1.807, 2.05) is 0 Å². The summed E-state index contributed by atoms with van der Waals surface area (Å²) >= 11 is 0. The molecule has 1 rings (SSSR count). The average molecular weight is 433 g/mol. The smallest absolute Gasteiger partial charge is 0.311 e. The van der Waals surface area contributed by atoms with E-state index in [2.05, 4.69) is 0 Å². The van der Waals surface area contributed by atoms with Gasteiger partial charge in [-0.25, -0.2) is 0 Å². The molecule has 2 N–H and O–H groups in total. The molecule has 9 heteroatoms. The molecule has 0 aromatic rings. The van der Waals surface area contributed by atoms with E-state index in [1.54, 1.807) is 62.3 Å². The highest BCUT2D eigenvalue weighted by Gasteiger charge is 2.51. The summed E-state index contributed by atoms with van der Waals surface area (Å²) in [5.74, 6) is -1.86. The van der Waals surface area contributed by atoms with Crippen LogP contribution >= 0.6 is 0 Å². The van der Waals surface area contributed by atoms with E-state index in [0.717, 1.165) is 0 Å². The number of rotatable bonds is 4. The molecule has 30 heavy (non-hydrogen) atoms. The molecule has 1 aliphatic rings. The highest BCUT2D eigenvalue weighted by atomic mass is 16.7. The summed E-state index contributed by atoms with van der Waals surface area (Å²) < 4.78 is 21.3. The van der Waals surface area contributed by atoms with E-state index >= 15 is 0 Å². The van der Waals surface area contributed by atoms with Crippen LogP contribution < -0.4 is 0 Å². The fourth-order valence-corrected chi connectivity index (χ4v) is 2.28. The van der Waals surface area contributed by atoms with Gasteiger partial charge in [0.1, 0.15) is 18.8 Å². The lowest BCUT2D eigenvalue weighted by atomic mass is 9.94. The summed E-state index contributed by atoms with van der Waals surface area (Å²) in [6.07, 6.45) is -7.26. The van der Waals surface area contributed by atoms with Gasteiger partial charge < -0.3 is 29.2 Å². The first kappa shape index (κ1) is 26.3. The highest BCUT2D eigenvalue weighted by Crippen LogP contribution is 2.30. The molecule has 0 saturated carbocycles. The van der Waals surface area contributed by atoms with Crippen LogP contribution in [0.25, 0.3) is 0 Å². The molecule has 1 saturated heterocycles. The molecule has 0 spiro atoms. The number of carbonyl (C=O) groups is 3. The molecular weight excluding hydrogens is 396 g/mol. The second kappa shape index (κ2) is 9.20. The molecule has 0 unspecified atom stereocenters. The SMILES string of the molecule is CC(C)(C)C(=O)OC[C@H]1O[C@@H](O)[C@H](OC(=O)C(C)(C)C)[C@@H](OC(=O)C(C)(C)C)[C@H]1O. The number of aliphatic hydroxyl groups excluding tert-OH is 2. The largest absolute Gasteiger partial charge is 0.462 e. The van der Waals surface area contributed by atoms with Gasteiger partial charge in [-0.1, -0.05) is 0 Å². The first-order valence-corrected chi connectivity index (χ1v) is 9.96. The molecule has 0 aromatic heterocycles. The third kappa shape index (κ3) is 6.92. The van der Waals surface area contributed by atoms with Gasteiger partial charge >= 0.3 is 17.9 Å². The predicted octanol–water partition coefficient (Wildman–Crippen LogP) is 1.57. The Labute approximate surface area is 178 Å². The Bertz CT molecular complexity index is 636. The van der Waals surface area contributed by atoms with Crippen LogP contribution in [0.5, 0.6) is 0 Å². The fraction of sp³-hybridized carbons (Fsp3) is 0.857. The normalized spacial score (nSPS) is 27.9. The number of hydrogen-bond donors (Lipinski definition) is 2. The van der Waals surface area contributed by atoms with Crippen molar-refractivity contribution in [3.8, 4) is 0 Å². The maximum atomic E-state index is 12.4. The monoisotopic (exact) mass is 432 g/mol. The van der Waals surface area contributed by atoms with Crippen LogP contribution in [0, 0.1) is 16.2 Å². The van der Waals surface area contributed by atoms with Crippen molar-refractivity contribution in [3.05, 3.63) is 0 Å². The van der Waals surface area contributed by atoms with Crippen molar-refractivity contribution < 1.29 is 43.5 Å². The maximum absolute atomic E-state index is 12.4. The second-order valence-corrected chi connectivity index (χ2v) is 10.6. The summed E-state index contributed by atoms with van der Waals surface area (Å²) in [4.78, 5) is 36.8. The molecule has 0 aromatic carbocycles. The van der Waals surface area contributed by atoms with Crippen LogP contribution in [0.4, 0.5) is 0 Å². The zero-order valence-corrected chi connectivity index (χ0v) is 19.3. The molecular formula is C21H36O9. The Hall–Kier alpha value is -1.71. The number of ether oxygens (including phenoxy) is 4. The summed E-state index contributed by atoms with van der Waals surface area (Å²) in [5.41, 5.74) is -2.58. The van der Waals surface area contributed by atoms with E-state index in [1.165, 1.54) is 0 Å². The Balaban J connectivity index is 3.09. The minimum Gasteiger partial charge on any atom is -0.462 e. The zero-order chi connectivity index (χ0) is 23.7. The standard InChI is InChI=1S/C21H36O9/c1-19(2,3)16(24)27-10-11-12(22)13(29-17(25)20(4,5)6)14(15(23)28-11)30-18(26)21(7,8)9/h11-15,22-23H,10H2,1-9H3/t11-,12+,13+,14-,15-/m1/s1. The van der Waals surface area contributed by atoms with Crippen molar-refractivity contribution in [1.29, 1.82) is 0 Å². The van der Waals surface area contributed by atoms with E-state index in [9.17, 15) is 24.6 Å². The molecule has 1 heterocycles. The van der Waals surface area contributed by atoms with Crippen molar-refractivity contribution in [2.24, 2.45) is 16.2 Å². The van der Waals surface area contributed by atoms with Gasteiger partial charge in [0.05, 0.1) is 16.2 Å². The van der Waals surface area contributed by atoms with Crippen molar-refractivity contribution in [2.75, 3.05) is 6.61 Å². The van der Waals surface area contributed by atoms with Crippen LogP contribution in [0.15, 0.2) is 0 Å². The third-order valence-electron chi connectivity index (χ3n) is 4.34. The van der Waals surface area contributed by atoms with Gasteiger partial charge in [0.2, 0.25) is 0 Å². The molecule has 5 atom stereocenters. The Morgan fingerprint density at radius 3 is 1.53 bits per heavy atom. The van der Waals surface area contributed by atoms with Crippen LogP contribution in [0.2, 0.25) is 0 Å². The van der Waals surface area contributed by atoms with Gasteiger partial charge in [0, 0.05) is 0 Å². The minimum absolute atomic E-state index is 0.377. The van der Waals surface area contributed by atoms with Crippen molar-refractivity contribution in [1.82, 2.24) is 0 Å². The Morgan fingerprint density at radius 1 is 0.733 bits per heavy atom. The van der Waals surface area contributed by atoms with Crippen molar-refractivity contribution in [2.45, 2.75) is 93.0 Å². The van der Waals surface area contributed by atoms with E-state index in [0.29, 0.717) is 0 Å². The third-order valence-corrected chi connectivity index (χ3v) is 4.34. The summed E-state index contributed by atoms with van der Waals surface area (Å²) in [6, 6.07) is 0. The van der Waals surface area contributed by atoms with Crippen molar-refractivity contribution in [3.63, 3.8) is 0 Å². The summed E-state index contributed by atoms with van der Waals surface area (Å²) in [5, 5.41) is 21.2. The van der Waals surface area contributed by atoms with Gasteiger partial charge in [0.15, 0.2) is 18.5 Å². The minimum atomic E-state index is -1.70. The lowest BCUT2D eigenvalue weighted by Gasteiger charge is -2.42. The average Bonchev–Trinajstić information content (AvgIpc) is 2.56. The van der Waals surface area contributed by atoms with Crippen LogP contribution in [0.1, 0.15) is 62.3 Å². The number of hydrogen-bond acceptors (Lipinski definition) is 9. The molecule has 0 bridgehead atoms. The van der Waals surface area contributed by atoms with E-state index in [-0.39, 0.29) is 6.61 Å². The van der Waals surface area contributed by atoms with Gasteiger partial charge in [-0.3, -0.25) is 14.4 Å².